The van der Waals surface area contributed by atoms with Crippen LogP contribution in [0.3, 0.4) is 0 Å². The van der Waals surface area contributed by atoms with E-state index < -0.39 is 0 Å². The lowest BCUT2D eigenvalue weighted by atomic mass is 9.65. The topological polar surface area (TPSA) is 20.2 Å². The summed E-state index contributed by atoms with van der Waals surface area (Å²) in [5.74, 6) is 2.24. The average molecular weight is 210 g/mol. The summed E-state index contributed by atoms with van der Waals surface area (Å²) >= 11 is 0. The summed E-state index contributed by atoms with van der Waals surface area (Å²) in [4.78, 5) is 0. The molecule has 88 valence electrons. The molecular formula is C14H26O. The van der Waals surface area contributed by atoms with Gasteiger partial charge in [-0.15, -0.1) is 0 Å². The molecule has 0 aromatic heterocycles. The molecule has 0 radical (unpaired) electrons. The first-order valence-electron chi connectivity index (χ1n) is 6.82. The normalized spacial score (nSPS) is 41.4. The minimum atomic E-state index is -0.290. The van der Waals surface area contributed by atoms with E-state index in [1.807, 2.05) is 0 Å². The van der Waals surface area contributed by atoms with Crippen molar-refractivity contribution in [3.63, 3.8) is 0 Å². The van der Waals surface area contributed by atoms with Crippen LogP contribution in [0.25, 0.3) is 0 Å². The third kappa shape index (κ3) is 2.55. The van der Waals surface area contributed by atoms with E-state index in [9.17, 15) is 5.11 Å². The fourth-order valence-corrected chi connectivity index (χ4v) is 3.96. The van der Waals surface area contributed by atoms with Crippen LogP contribution in [-0.4, -0.2) is 10.7 Å². The maximum Gasteiger partial charge on any atom is 0.0676 e. The van der Waals surface area contributed by atoms with Gasteiger partial charge in [0, 0.05) is 0 Å². The van der Waals surface area contributed by atoms with Crippen molar-refractivity contribution < 1.29 is 5.11 Å². The lowest BCUT2D eigenvalue weighted by Crippen LogP contribution is -2.43. The molecule has 0 bridgehead atoms. The molecule has 0 saturated heterocycles. The Bertz CT molecular complexity index is 195. The summed E-state index contributed by atoms with van der Waals surface area (Å²) in [6.45, 7) is 4.71. The summed E-state index contributed by atoms with van der Waals surface area (Å²) in [6, 6.07) is 0. The van der Waals surface area contributed by atoms with Gasteiger partial charge < -0.3 is 5.11 Å². The molecule has 0 spiro atoms. The first-order valence-corrected chi connectivity index (χ1v) is 6.82. The summed E-state index contributed by atoms with van der Waals surface area (Å²) < 4.78 is 0. The Morgan fingerprint density at radius 2 is 1.40 bits per heavy atom. The Labute approximate surface area is 94.3 Å². The highest BCUT2D eigenvalue weighted by Crippen LogP contribution is 2.44. The summed E-state index contributed by atoms with van der Waals surface area (Å²) in [5, 5.41) is 10.7. The molecule has 1 nitrogen and oxygen atoms in total. The molecular weight excluding hydrogens is 184 g/mol. The van der Waals surface area contributed by atoms with Crippen LogP contribution in [0.1, 0.15) is 65.2 Å². The van der Waals surface area contributed by atoms with Crippen molar-refractivity contribution in [3.05, 3.63) is 0 Å². The Kier molecular flexibility index (Phi) is 3.39. The zero-order valence-electron chi connectivity index (χ0n) is 10.3. The second-order valence-electron chi connectivity index (χ2n) is 6.28. The molecule has 0 aromatic rings. The number of aliphatic hydroxyl groups is 1. The highest BCUT2D eigenvalue weighted by molar-refractivity contribution is 4.92. The van der Waals surface area contributed by atoms with E-state index in [2.05, 4.69) is 13.8 Å². The van der Waals surface area contributed by atoms with Crippen LogP contribution in [0.2, 0.25) is 0 Å². The third-order valence-corrected chi connectivity index (χ3v) is 4.66. The van der Waals surface area contributed by atoms with Gasteiger partial charge in [0.15, 0.2) is 0 Å². The van der Waals surface area contributed by atoms with Gasteiger partial charge in [-0.05, 0) is 49.9 Å². The fourth-order valence-electron chi connectivity index (χ4n) is 3.96. The van der Waals surface area contributed by atoms with Crippen molar-refractivity contribution in [2.75, 3.05) is 0 Å². The minimum Gasteiger partial charge on any atom is -0.390 e. The first-order chi connectivity index (χ1) is 7.10. The smallest absolute Gasteiger partial charge is 0.0676 e. The van der Waals surface area contributed by atoms with Crippen LogP contribution in [0.5, 0.6) is 0 Å². The second kappa shape index (κ2) is 4.45. The van der Waals surface area contributed by atoms with Gasteiger partial charge in [-0.3, -0.25) is 0 Å². The average Bonchev–Trinajstić information content (AvgIpc) is 2.17. The van der Waals surface area contributed by atoms with Gasteiger partial charge >= 0.3 is 0 Å². The number of hydrogen-bond acceptors (Lipinski definition) is 1. The van der Waals surface area contributed by atoms with Gasteiger partial charge in [-0.25, -0.2) is 0 Å². The Morgan fingerprint density at radius 1 is 0.867 bits per heavy atom. The van der Waals surface area contributed by atoms with Crippen LogP contribution in [0.4, 0.5) is 0 Å². The summed E-state index contributed by atoms with van der Waals surface area (Å²) in [6.07, 6.45) is 9.86. The largest absolute Gasteiger partial charge is 0.390 e. The molecule has 2 rings (SSSR count). The van der Waals surface area contributed by atoms with E-state index >= 15 is 0 Å². The molecule has 0 heterocycles. The van der Waals surface area contributed by atoms with Gasteiger partial charge in [-0.2, -0.15) is 0 Å². The minimum absolute atomic E-state index is 0.290. The van der Waals surface area contributed by atoms with Crippen LogP contribution in [-0.2, 0) is 0 Å². The second-order valence-corrected chi connectivity index (χ2v) is 6.28. The molecule has 2 saturated carbocycles. The standard InChI is InChI=1S/C14H26O/c1-11-8-12(2)10-13(9-11)14(15)6-4-3-5-7-14/h11-13,15H,3-10H2,1-2H3. The zero-order chi connectivity index (χ0) is 10.9. The Hall–Kier alpha value is -0.0400. The molecule has 2 aliphatic carbocycles. The SMILES string of the molecule is CC1CC(C)CC(C2(O)CCCCC2)C1. The van der Waals surface area contributed by atoms with Crippen molar-refractivity contribution in [1.29, 1.82) is 0 Å². The quantitative estimate of drug-likeness (QED) is 0.699. The molecule has 0 amide bonds. The molecule has 2 aliphatic rings. The van der Waals surface area contributed by atoms with Crippen LogP contribution < -0.4 is 0 Å². The maximum atomic E-state index is 10.7. The van der Waals surface area contributed by atoms with Crippen molar-refractivity contribution in [3.8, 4) is 0 Å². The van der Waals surface area contributed by atoms with Crippen molar-refractivity contribution in [1.82, 2.24) is 0 Å². The van der Waals surface area contributed by atoms with E-state index in [-0.39, 0.29) is 5.60 Å². The van der Waals surface area contributed by atoms with Crippen LogP contribution in [0, 0.1) is 17.8 Å². The van der Waals surface area contributed by atoms with Crippen molar-refractivity contribution in [2.45, 2.75) is 70.8 Å². The van der Waals surface area contributed by atoms with Crippen LogP contribution >= 0.6 is 0 Å². The number of rotatable bonds is 1. The molecule has 0 aliphatic heterocycles. The van der Waals surface area contributed by atoms with Crippen molar-refractivity contribution >= 4 is 0 Å². The maximum absolute atomic E-state index is 10.7. The van der Waals surface area contributed by atoms with Gasteiger partial charge in [0.2, 0.25) is 0 Å². The highest BCUT2D eigenvalue weighted by atomic mass is 16.3. The molecule has 2 fully saturated rings. The van der Waals surface area contributed by atoms with E-state index in [0.29, 0.717) is 5.92 Å². The van der Waals surface area contributed by atoms with E-state index in [1.165, 1.54) is 38.5 Å². The van der Waals surface area contributed by atoms with Gasteiger partial charge in [0.1, 0.15) is 0 Å². The van der Waals surface area contributed by atoms with Crippen molar-refractivity contribution in [2.24, 2.45) is 17.8 Å². The van der Waals surface area contributed by atoms with E-state index in [4.69, 9.17) is 0 Å². The predicted octanol–water partition coefficient (Wildman–Crippen LogP) is 3.75. The monoisotopic (exact) mass is 210 g/mol. The Morgan fingerprint density at radius 3 is 1.93 bits per heavy atom. The summed E-state index contributed by atoms with van der Waals surface area (Å²) in [5.41, 5.74) is -0.290. The number of hydrogen-bond donors (Lipinski definition) is 1. The molecule has 15 heavy (non-hydrogen) atoms. The lowest BCUT2D eigenvalue weighted by Gasteiger charge is -2.44. The zero-order valence-corrected chi connectivity index (χ0v) is 10.3. The lowest BCUT2D eigenvalue weighted by molar-refractivity contribution is -0.0739. The molecule has 0 aromatic carbocycles. The molecule has 1 N–H and O–H groups in total. The van der Waals surface area contributed by atoms with E-state index in [0.717, 1.165) is 24.7 Å². The fraction of sp³-hybridized carbons (Fsp3) is 1.00. The molecule has 2 atom stereocenters. The molecule has 2 unspecified atom stereocenters. The van der Waals surface area contributed by atoms with Crippen LogP contribution in [0.15, 0.2) is 0 Å². The summed E-state index contributed by atoms with van der Waals surface area (Å²) in [7, 11) is 0. The van der Waals surface area contributed by atoms with Gasteiger partial charge in [0.05, 0.1) is 5.60 Å². The molecule has 1 heteroatoms. The highest BCUT2D eigenvalue weighted by Gasteiger charge is 2.40. The Balaban J connectivity index is 2.01. The van der Waals surface area contributed by atoms with Gasteiger partial charge in [0.25, 0.3) is 0 Å². The van der Waals surface area contributed by atoms with Gasteiger partial charge in [-0.1, -0.05) is 33.1 Å². The third-order valence-electron chi connectivity index (χ3n) is 4.66. The predicted molar refractivity (Wildman–Crippen MR) is 63.7 cm³/mol. The van der Waals surface area contributed by atoms with E-state index in [1.54, 1.807) is 0 Å². The first kappa shape index (κ1) is 11.4.